The van der Waals surface area contributed by atoms with E-state index in [0.29, 0.717) is 81.3 Å². The van der Waals surface area contributed by atoms with Crippen LogP contribution in [-0.4, -0.2) is 73.8 Å². The summed E-state index contributed by atoms with van der Waals surface area (Å²) in [6, 6.07) is 3.38. The summed E-state index contributed by atoms with van der Waals surface area (Å²) >= 11 is 13.4. The fourth-order valence-electron chi connectivity index (χ4n) is 4.40. The Balaban J connectivity index is 1.50. The molecule has 0 unspecified atom stereocenters. The number of anilines is 2. The van der Waals surface area contributed by atoms with E-state index in [-0.39, 0.29) is 12.1 Å². The highest BCUT2D eigenvalue weighted by Gasteiger charge is 2.29. The fourth-order valence-corrected chi connectivity index (χ4v) is 5.10. The van der Waals surface area contributed by atoms with Crippen molar-refractivity contribution in [3.8, 4) is 22.8 Å². The van der Waals surface area contributed by atoms with Crippen molar-refractivity contribution >= 4 is 52.2 Å². The van der Waals surface area contributed by atoms with Crippen LogP contribution in [0.4, 0.5) is 11.8 Å². The Morgan fingerprint density at radius 3 is 2.51 bits per heavy atom. The summed E-state index contributed by atoms with van der Waals surface area (Å²) < 4.78 is 16.5. The number of aldehydes is 1. The first kappa shape index (κ1) is 27.4. The standard InChI is InChI=1S/C27H30Cl2N6O4/c1-14(11-36)8-30-18-12-39-13-19(18)34-27-32-10-16-6-17(33-26(25(16)35-27)31-9-15-4-5-15)22-23(28)20(37-2)7-21(38-3)24(22)29/h6-7,10-11,15,18-19,30H,1,4-5,8-9,12-13H2,2-3H3,(H,31,33)(H,32,34,35)/t18-,19+/m0/s1. The van der Waals surface area contributed by atoms with Crippen LogP contribution in [0.15, 0.2) is 30.5 Å². The Morgan fingerprint density at radius 2 is 1.85 bits per heavy atom. The van der Waals surface area contributed by atoms with E-state index in [9.17, 15) is 4.79 Å². The number of halogens is 2. The highest BCUT2D eigenvalue weighted by atomic mass is 35.5. The van der Waals surface area contributed by atoms with Crippen molar-refractivity contribution in [1.82, 2.24) is 20.3 Å². The molecule has 1 aliphatic carbocycles. The molecule has 0 amide bonds. The normalized spacial score (nSPS) is 18.7. The molecule has 10 nitrogen and oxygen atoms in total. The molecule has 2 aliphatic rings. The smallest absolute Gasteiger partial charge is 0.223 e. The molecule has 2 fully saturated rings. The van der Waals surface area contributed by atoms with Gasteiger partial charge in [-0.15, -0.1) is 0 Å². The zero-order valence-corrected chi connectivity index (χ0v) is 23.2. The number of carbonyl (C=O) groups is 1. The second-order valence-corrected chi connectivity index (χ2v) is 10.4. The number of nitrogens with zero attached hydrogens (tertiary/aromatic N) is 3. The molecule has 1 aromatic carbocycles. The van der Waals surface area contributed by atoms with E-state index in [2.05, 4.69) is 27.5 Å². The molecular weight excluding hydrogens is 543 g/mol. The molecule has 0 bridgehead atoms. The van der Waals surface area contributed by atoms with Crippen molar-refractivity contribution in [2.75, 3.05) is 51.2 Å². The van der Waals surface area contributed by atoms with Crippen molar-refractivity contribution in [3.05, 3.63) is 40.5 Å². The van der Waals surface area contributed by atoms with E-state index >= 15 is 0 Å². The lowest BCUT2D eigenvalue weighted by Gasteiger charge is -2.20. The lowest BCUT2D eigenvalue weighted by Crippen LogP contribution is -2.44. The number of hydrogen-bond acceptors (Lipinski definition) is 10. The first-order chi connectivity index (χ1) is 18.9. The van der Waals surface area contributed by atoms with Gasteiger partial charge in [0.05, 0.1) is 55.3 Å². The van der Waals surface area contributed by atoms with Gasteiger partial charge in [-0.05, 0) is 30.4 Å². The number of fused-ring (bicyclic) bond motifs is 1. The number of hydrogen-bond donors (Lipinski definition) is 3. The topological polar surface area (TPSA) is 120 Å². The van der Waals surface area contributed by atoms with Gasteiger partial charge in [0.15, 0.2) is 5.82 Å². The molecule has 206 valence electrons. The van der Waals surface area contributed by atoms with Gasteiger partial charge < -0.3 is 30.2 Å². The molecule has 39 heavy (non-hydrogen) atoms. The largest absolute Gasteiger partial charge is 0.495 e. The molecule has 0 radical (unpaired) electrons. The maximum Gasteiger partial charge on any atom is 0.223 e. The van der Waals surface area contributed by atoms with Crippen molar-refractivity contribution in [2.24, 2.45) is 5.92 Å². The molecule has 2 aromatic heterocycles. The molecular formula is C27H30Cl2N6O4. The van der Waals surface area contributed by atoms with Crippen LogP contribution in [0.5, 0.6) is 11.5 Å². The zero-order valence-electron chi connectivity index (χ0n) is 21.7. The Morgan fingerprint density at radius 1 is 1.13 bits per heavy atom. The maximum absolute atomic E-state index is 10.9. The van der Waals surface area contributed by atoms with E-state index < -0.39 is 0 Å². The Hall–Kier alpha value is -3.18. The first-order valence-corrected chi connectivity index (χ1v) is 13.4. The maximum atomic E-state index is 10.9. The Bertz CT molecular complexity index is 1370. The number of aromatic nitrogens is 3. The second-order valence-electron chi connectivity index (χ2n) is 9.65. The molecule has 1 saturated heterocycles. The predicted octanol–water partition coefficient (Wildman–Crippen LogP) is 4.36. The van der Waals surface area contributed by atoms with Crippen LogP contribution in [0, 0.1) is 5.92 Å². The highest BCUT2D eigenvalue weighted by molar-refractivity contribution is 6.41. The third-order valence-corrected chi connectivity index (χ3v) is 7.55. The molecule has 1 aliphatic heterocycles. The van der Waals surface area contributed by atoms with E-state index in [4.69, 9.17) is 47.4 Å². The minimum atomic E-state index is -0.0844. The molecule has 1 saturated carbocycles. The summed E-state index contributed by atoms with van der Waals surface area (Å²) in [7, 11) is 3.07. The van der Waals surface area contributed by atoms with Crippen molar-refractivity contribution in [1.29, 1.82) is 0 Å². The van der Waals surface area contributed by atoms with Gasteiger partial charge in [0.2, 0.25) is 5.95 Å². The summed E-state index contributed by atoms with van der Waals surface area (Å²) in [5.74, 6) is 2.52. The second kappa shape index (κ2) is 11.9. The average molecular weight is 573 g/mol. The quantitative estimate of drug-likeness (QED) is 0.213. The van der Waals surface area contributed by atoms with Crippen LogP contribution in [0.3, 0.4) is 0 Å². The van der Waals surface area contributed by atoms with Crippen molar-refractivity contribution in [3.63, 3.8) is 0 Å². The Labute approximate surface area is 236 Å². The van der Waals surface area contributed by atoms with Gasteiger partial charge in [-0.1, -0.05) is 29.8 Å². The minimum Gasteiger partial charge on any atom is -0.495 e. The van der Waals surface area contributed by atoms with Gasteiger partial charge in [-0.25, -0.2) is 15.0 Å². The van der Waals surface area contributed by atoms with Gasteiger partial charge in [0.25, 0.3) is 0 Å². The van der Waals surface area contributed by atoms with Gasteiger partial charge in [0.1, 0.15) is 23.3 Å². The van der Waals surface area contributed by atoms with Crippen LogP contribution in [-0.2, 0) is 9.53 Å². The van der Waals surface area contributed by atoms with E-state index in [1.165, 1.54) is 27.1 Å². The first-order valence-electron chi connectivity index (χ1n) is 12.6. The summed E-state index contributed by atoms with van der Waals surface area (Å²) in [5, 5.41) is 11.6. The van der Waals surface area contributed by atoms with Gasteiger partial charge >= 0.3 is 0 Å². The summed E-state index contributed by atoms with van der Waals surface area (Å²) in [6.07, 6.45) is 4.86. The van der Waals surface area contributed by atoms with Gasteiger partial charge in [0, 0.05) is 36.3 Å². The van der Waals surface area contributed by atoms with Crippen LogP contribution in [0.1, 0.15) is 12.8 Å². The molecule has 3 aromatic rings. The zero-order chi connectivity index (χ0) is 27.5. The number of rotatable bonds is 12. The van der Waals surface area contributed by atoms with Gasteiger partial charge in [-0.3, -0.25) is 4.79 Å². The molecule has 0 spiro atoms. The molecule has 5 rings (SSSR count). The summed E-state index contributed by atoms with van der Waals surface area (Å²) in [6.45, 7) is 5.87. The highest BCUT2D eigenvalue weighted by Crippen LogP contribution is 2.46. The SMILES string of the molecule is C=C(C=O)CN[C@H]1COC[C@H]1Nc1ncc2cc(-c3c(Cl)c(OC)cc(OC)c3Cl)nc(NCC3CC3)c2n1. The number of pyridine rings is 1. The van der Waals surface area contributed by atoms with Crippen LogP contribution >= 0.6 is 23.2 Å². The fraction of sp³-hybridized carbons (Fsp3) is 0.407. The van der Waals surface area contributed by atoms with Crippen molar-refractivity contribution < 1.29 is 19.0 Å². The van der Waals surface area contributed by atoms with Crippen LogP contribution in [0.25, 0.3) is 22.2 Å². The summed E-state index contributed by atoms with van der Waals surface area (Å²) in [5.41, 5.74) is 2.18. The monoisotopic (exact) mass is 572 g/mol. The average Bonchev–Trinajstić information content (AvgIpc) is 3.68. The lowest BCUT2D eigenvalue weighted by atomic mass is 10.1. The molecule has 12 heteroatoms. The Kier molecular flexibility index (Phi) is 8.37. The van der Waals surface area contributed by atoms with Crippen molar-refractivity contribution in [2.45, 2.75) is 24.9 Å². The van der Waals surface area contributed by atoms with Crippen LogP contribution in [0.2, 0.25) is 10.0 Å². The predicted molar refractivity (Wildman–Crippen MR) is 152 cm³/mol. The number of carbonyl (C=O) groups excluding carboxylic acids is 1. The van der Waals surface area contributed by atoms with E-state index in [1.54, 1.807) is 12.3 Å². The number of benzene rings is 1. The molecule has 2 atom stereocenters. The van der Waals surface area contributed by atoms with E-state index in [0.717, 1.165) is 18.2 Å². The third kappa shape index (κ3) is 6.04. The van der Waals surface area contributed by atoms with Gasteiger partial charge in [-0.2, -0.15) is 0 Å². The number of nitrogens with one attached hydrogen (secondary N) is 3. The van der Waals surface area contributed by atoms with Crippen LogP contribution < -0.4 is 25.4 Å². The summed E-state index contributed by atoms with van der Waals surface area (Å²) in [4.78, 5) is 25.2. The third-order valence-electron chi connectivity index (χ3n) is 6.80. The van der Waals surface area contributed by atoms with E-state index in [1.807, 2.05) is 6.07 Å². The number of methoxy groups -OCH3 is 2. The number of ether oxygens (including phenoxy) is 3. The lowest BCUT2D eigenvalue weighted by molar-refractivity contribution is -0.104. The minimum absolute atomic E-state index is 0.0266. The molecule has 3 N–H and O–H groups in total. The molecule has 3 heterocycles.